The zero-order chi connectivity index (χ0) is 14.7. The maximum Gasteiger partial charge on any atom is 0.239 e. The number of aromatic nitrogens is 1. The summed E-state index contributed by atoms with van der Waals surface area (Å²) in [4.78, 5) is 6.93. The molecule has 5 heteroatoms. The number of nitrogens with zero attached hydrogens (tertiary/aromatic N) is 2. The molecule has 2 aliphatic rings. The molecule has 0 amide bonds. The normalized spacial score (nSPS) is 19.8. The highest BCUT2D eigenvalue weighted by atomic mass is 16.5. The summed E-state index contributed by atoms with van der Waals surface area (Å²) in [7, 11) is 1.78. The van der Waals surface area contributed by atoms with Gasteiger partial charge in [0.15, 0.2) is 0 Å². The molecular weight excluding hydrogens is 266 g/mol. The molecule has 0 aromatic carbocycles. The van der Waals surface area contributed by atoms with Crippen LogP contribution in [0.5, 0.6) is 5.88 Å². The average Bonchev–Trinajstić information content (AvgIpc) is 3.32. The molecular formula is C16H25N3O2. The molecule has 0 bridgehead atoms. The average molecular weight is 291 g/mol. The first-order valence-corrected chi connectivity index (χ1v) is 7.89. The summed E-state index contributed by atoms with van der Waals surface area (Å²) in [6.07, 6.45) is 4.84. The minimum Gasteiger partial charge on any atom is -0.476 e. The van der Waals surface area contributed by atoms with Gasteiger partial charge in [0.2, 0.25) is 5.88 Å². The summed E-state index contributed by atoms with van der Waals surface area (Å²) in [6.45, 7) is 3.65. The summed E-state index contributed by atoms with van der Waals surface area (Å²) in [6, 6.07) is 3.90. The highest BCUT2D eigenvalue weighted by Crippen LogP contribution is 2.31. The van der Waals surface area contributed by atoms with Crippen molar-refractivity contribution in [2.24, 2.45) is 11.8 Å². The van der Waals surface area contributed by atoms with E-state index in [9.17, 15) is 0 Å². The van der Waals surface area contributed by atoms with Crippen LogP contribution in [0.1, 0.15) is 25.7 Å². The van der Waals surface area contributed by atoms with Gasteiger partial charge in [0.1, 0.15) is 5.82 Å². The standard InChI is InChI=1S/C16H25N3O2/c1-20-10-13-6-8-19(9-7-13)15-5-4-14(17)16(18-15)21-11-12-2-3-12/h4-5,12-13H,2-3,6-11,17H2,1H3. The largest absolute Gasteiger partial charge is 0.476 e. The Balaban J connectivity index is 1.60. The van der Waals surface area contributed by atoms with Gasteiger partial charge in [-0.05, 0) is 49.7 Å². The van der Waals surface area contributed by atoms with Gasteiger partial charge in [0.25, 0.3) is 0 Å². The SMILES string of the molecule is COCC1CCN(c2ccc(N)c(OCC3CC3)n2)CC1. The van der Waals surface area contributed by atoms with Crippen LogP contribution in [0, 0.1) is 11.8 Å². The molecule has 3 rings (SSSR count). The zero-order valence-electron chi connectivity index (χ0n) is 12.8. The van der Waals surface area contributed by atoms with Crippen molar-refractivity contribution < 1.29 is 9.47 Å². The Hall–Kier alpha value is -1.49. The molecule has 5 nitrogen and oxygen atoms in total. The number of methoxy groups -OCH3 is 1. The Labute approximate surface area is 126 Å². The van der Waals surface area contributed by atoms with Crippen molar-refractivity contribution in [3.05, 3.63) is 12.1 Å². The monoisotopic (exact) mass is 291 g/mol. The highest BCUT2D eigenvalue weighted by Gasteiger charge is 2.24. The molecule has 1 saturated heterocycles. The molecule has 0 unspecified atom stereocenters. The van der Waals surface area contributed by atoms with Crippen molar-refractivity contribution in [1.82, 2.24) is 4.98 Å². The number of hydrogen-bond acceptors (Lipinski definition) is 5. The van der Waals surface area contributed by atoms with Gasteiger partial charge in [-0.1, -0.05) is 0 Å². The number of rotatable bonds is 6. The van der Waals surface area contributed by atoms with Crippen LogP contribution in [0.2, 0.25) is 0 Å². The van der Waals surface area contributed by atoms with Gasteiger partial charge < -0.3 is 20.1 Å². The fourth-order valence-corrected chi connectivity index (χ4v) is 2.78. The molecule has 0 radical (unpaired) electrons. The third-order valence-electron chi connectivity index (χ3n) is 4.37. The molecule has 1 saturated carbocycles. The van der Waals surface area contributed by atoms with Gasteiger partial charge in [-0.15, -0.1) is 0 Å². The van der Waals surface area contributed by atoms with Crippen LogP contribution >= 0.6 is 0 Å². The second kappa shape index (κ2) is 6.52. The number of anilines is 2. The first-order chi connectivity index (χ1) is 10.3. The Bertz CT molecular complexity index is 469. The number of hydrogen-bond donors (Lipinski definition) is 1. The van der Waals surface area contributed by atoms with Crippen LogP contribution in [-0.4, -0.2) is 38.4 Å². The van der Waals surface area contributed by atoms with Gasteiger partial charge in [-0.3, -0.25) is 0 Å². The number of nitrogens with two attached hydrogens (primary N) is 1. The van der Waals surface area contributed by atoms with Crippen molar-refractivity contribution in [2.45, 2.75) is 25.7 Å². The van der Waals surface area contributed by atoms with Gasteiger partial charge >= 0.3 is 0 Å². The lowest BCUT2D eigenvalue weighted by Gasteiger charge is -2.32. The van der Waals surface area contributed by atoms with Crippen LogP contribution in [0.25, 0.3) is 0 Å². The van der Waals surface area contributed by atoms with Crippen LogP contribution in [-0.2, 0) is 4.74 Å². The Morgan fingerprint density at radius 3 is 2.52 bits per heavy atom. The summed E-state index contributed by atoms with van der Waals surface area (Å²) >= 11 is 0. The van der Waals surface area contributed by atoms with Crippen LogP contribution in [0.3, 0.4) is 0 Å². The maximum atomic E-state index is 5.96. The van der Waals surface area contributed by atoms with E-state index in [1.807, 2.05) is 12.1 Å². The molecule has 1 aromatic rings. The molecule has 1 aromatic heterocycles. The van der Waals surface area contributed by atoms with E-state index in [4.69, 9.17) is 15.2 Å². The van der Waals surface area contributed by atoms with E-state index in [0.717, 1.165) is 45.0 Å². The van der Waals surface area contributed by atoms with E-state index in [-0.39, 0.29) is 0 Å². The fraction of sp³-hybridized carbons (Fsp3) is 0.688. The van der Waals surface area contributed by atoms with E-state index < -0.39 is 0 Å². The maximum absolute atomic E-state index is 5.96. The lowest BCUT2D eigenvalue weighted by Crippen LogP contribution is -2.35. The Kier molecular flexibility index (Phi) is 4.48. The third kappa shape index (κ3) is 3.79. The molecule has 116 valence electrons. The van der Waals surface area contributed by atoms with E-state index in [0.29, 0.717) is 23.4 Å². The molecule has 2 fully saturated rings. The molecule has 1 aliphatic heterocycles. The molecule has 1 aliphatic carbocycles. The highest BCUT2D eigenvalue weighted by molar-refractivity contribution is 5.54. The van der Waals surface area contributed by atoms with Crippen molar-refractivity contribution in [1.29, 1.82) is 0 Å². The van der Waals surface area contributed by atoms with Crippen LogP contribution < -0.4 is 15.4 Å². The van der Waals surface area contributed by atoms with Crippen LogP contribution in [0.15, 0.2) is 12.1 Å². The van der Waals surface area contributed by atoms with Crippen molar-refractivity contribution in [3.8, 4) is 5.88 Å². The minimum atomic E-state index is 0.596. The van der Waals surface area contributed by atoms with E-state index in [2.05, 4.69) is 9.88 Å². The van der Waals surface area contributed by atoms with E-state index >= 15 is 0 Å². The predicted octanol–water partition coefficient (Wildman–Crippen LogP) is 2.32. The number of piperidine rings is 1. The Morgan fingerprint density at radius 1 is 1.14 bits per heavy atom. The quantitative estimate of drug-likeness (QED) is 0.871. The summed E-state index contributed by atoms with van der Waals surface area (Å²) in [5, 5.41) is 0. The topological polar surface area (TPSA) is 60.6 Å². The summed E-state index contributed by atoms with van der Waals surface area (Å²) in [5.74, 6) is 2.95. The van der Waals surface area contributed by atoms with Crippen LogP contribution in [0.4, 0.5) is 11.5 Å². The first kappa shape index (κ1) is 14.4. The number of ether oxygens (including phenoxy) is 2. The molecule has 0 atom stereocenters. The lowest BCUT2D eigenvalue weighted by molar-refractivity contribution is 0.139. The number of nitrogen functional groups attached to an aromatic ring is 1. The first-order valence-electron chi connectivity index (χ1n) is 7.89. The minimum absolute atomic E-state index is 0.596. The van der Waals surface area contributed by atoms with Gasteiger partial charge in [-0.2, -0.15) is 4.98 Å². The van der Waals surface area contributed by atoms with Crippen molar-refractivity contribution >= 4 is 11.5 Å². The number of pyridine rings is 1. The molecule has 21 heavy (non-hydrogen) atoms. The fourth-order valence-electron chi connectivity index (χ4n) is 2.78. The van der Waals surface area contributed by atoms with Crippen molar-refractivity contribution in [2.75, 3.05) is 44.0 Å². The van der Waals surface area contributed by atoms with Gasteiger partial charge in [0.05, 0.1) is 12.3 Å². The molecule has 0 spiro atoms. The summed E-state index contributed by atoms with van der Waals surface area (Å²) < 4.78 is 11.0. The Morgan fingerprint density at radius 2 is 1.86 bits per heavy atom. The zero-order valence-corrected chi connectivity index (χ0v) is 12.8. The predicted molar refractivity (Wildman–Crippen MR) is 83.7 cm³/mol. The van der Waals surface area contributed by atoms with Crippen molar-refractivity contribution in [3.63, 3.8) is 0 Å². The van der Waals surface area contributed by atoms with E-state index in [1.165, 1.54) is 12.8 Å². The second-order valence-corrected chi connectivity index (χ2v) is 6.20. The smallest absolute Gasteiger partial charge is 0.239 e. The molecule has 2 heterocycles. The third-order valence-corrected chi connectivity index (χ3v) is 4.37. The van der Waals surface area contributed by atoms with Gasteiger partial charge in [-0.25, -0.2) is 0 Å². The summed E-state index contributed by atoms with van der Waals surface area (Å²) in [5.41, 5.74) is 6.60. The molecule has 2 N–H and O–H groups in total. The lowest BCUT2D eigenvalue weighted by atomic mass is 9.98. The van der Waals surface area contributed by atoms with E-state index in [1.54, 1.807) is 7.11 Å². The van der Waals surface area contributed by atoms with Gasteiger partial charge in [0, 0.05) is 26.8 Å². The second-order valence-electron chi connectivity index (χ2n) is 6.20.